The van der Waals surface area contributed by atoms with Crippen LogP contribution in [0.5, 0.6) is 0 Å². The average Bonchev–Trinajstić information content (AvgIpc) is 3.06. The van der Waals surface area contributed by atoms with Crippen molar-refractivity contribution in [1.29, 1.82) is 0 Å². The van der Waals surface area contributed by atoms with Crippen LogP contribution in [0.4, 0.5) is 4.79 Å². The van der Waals surface area contributed by atoms with Gasteiger partial charge in [0.1, 0.15) is 18.4 Å². The molecule has 2 aliphatic rings. The van der Waals surface area contributed by atoms with Crippen molar-refractivity contribution in [2.24, 2.45) is 17.3 Å². The standard InChI is InChI=1S/C22H37N3O5/c1-14(2)11-18(25-21(29)30-17-5-8-22(3,4)9-6-17)20(28)24-16(13-26)12-15-7-10-23-19(15)27/h13-18H,5-12H2,1-4H3,(H,23,27)(H,24,28)(H,25,29)/t15-,16?,18?/m0/s1. The van der Waals surface area contributed by atoms with Gasteiger partial charge in [-0.15, -0.1) is 0 Å². The minimum atomic E-state index is -0.794. The Labute approximate surface area is 179 Å². The highest BCUT2D eigenvalue weighted by molar-refractivity contribution is 5.88. The number of carbonyl (C=O) groups excluding carboxylic acids is 4. The third kappa shape index (κ3) is 7.61. The normalized spacial score (nSPS) is 23.4. The molecule has 3 amide bonds. The molecule has 8 heteroatoms. The van der Waals surface area contributed by atoms with Gasteiger partial charge in [0.25, 0.3) is 0 Å². The van der Waals surface area contributed by atoms with Crippen molar-refractivity contribution in [3.05, 3.63) is 0 Å². The molecule has 0 radical (unpaired) electrons. The number of ether oxygens (including phenoxy) is 1. The van der Waals surface area contributed by atoms with E-state index < -0.39 is 24.1 Å². The van der Waals surface area contributed by atoms with Crippen molar-refractivity contribution >= 4 is 24.2 Å². The van der Waals surface area contributed by atoms with Gasteiger partial charge in [0.05, 0.1) is 6.04 Å². The lowest BCUT2D eigenvalue weighted by molar-refractivity contribution is -0.127. The molecule has 2 fully saturated rings. The zero-order valence-corrected chi connectivity index (χ0v) is 18.7. The van der Waals surface area contributed by atoms with Crippen molar-refractivity contribution in [2.45, 2.75) is 90.8 Å². The van der Waals surface area contributed by atoms with Crippen LogP contribution < -0.4 is 16.0 Å². The summed E-state index contributed by atoms with van der Waals surface area (Å²) in [4.78, 5) is 48.4. The van der Waals surface area contributed by atoms with E-state index in [9.17, 15) is 19.2 Å². The van der Waals surface area contributed by atoms with E-state index in [0.29, 0.717) is 25.7 Å². The molecule has 170 valence electrons. The van der Waals surface area contributed by atoms with E-state index in [1.165, 1.54) is 0 Å². The third-order valence-corrected chi connectivity index (χ3v) is 6.07. The molecule has 3 atom stereocenters. The SMILES string of the molecule is CC(C)CC(NC(=O)OC1CCC(C)(C)CC1)C(=O)NC(C=O)C[C@@H]1CCNC1=O. The molecule has 8 nitrogen and oxygen atoms in total. The second-order valence-electron chi connectivity index (χ2n) is 9.86. The van der Waals surface area contributed by atoms with E-state index in [2.05, 4.69) is 29.8 Å². The fraction of sp³-hybridized carbons (Fsp3) is 0.818. The van der Waals surface area contributed by atoms with Gasteiger partial charge in [0.15, 0.2) is 0 Å². The zero-order valence-electron chi connectivity index (χ0n) is 18.7. The molecule has 3 N–H and O–H groups in total. The van der Waals surface area contributed by atoms with Gasteiger partial charge in [-0.3, -0.25) is 9.59 Å². The molecule has 1 aliphatic heterocycles. The van der Waals surface area contributed by atoms with Crippen LogP contribution in [0.25, 0.3) is 0 Å². The Bertz CT molecular complexity index is 624. The fourth-order valence-electron chi connectivity index (χ4n) is 4.13. The molecule has 1 aliphatic carbocycles. The first-order chi connectivity index (χ1) is 14.1. The number of amides is 3. The van der Waals surface area contributed by atoms with Crippen LogP contribution >= 0.6 is 0 Å². The third-order valence-electron chi connectivity index (χ3n) is 6.07. The summed E-state index contributed by atoms with van der Waals surface area (Å²) in [5.74, 6) is -0.641. The van der Waals surface area contributed by atoms with Crippen LogP contribution in [0.2, 0.25) is 0 Å². The summed E-state index contributed by atoms with van der Waals surface area (Å²) >= 11 is 0. The predicted octanol–water partition coefficient (Wildman–Crippen LogP) is 2.31. The smallest absolute Gasteiger partial charge is 0.408 e. The van der Waals surface area contributed by atoms with Gasteiger partial charge in [0.2, 0.25) is 11.8 Å². The monoisotopic (exact) mass is 423 g/mol. The molecular formula is C22H37N3O5. The van der Waals surface area contributed by atoms with Crippen molar-refractivity contribution in [3.63, 3.8) is 0 Å². The Morgan fingerprint density at radius 1 is 1.20 bits per heavy atom. The van der Waals surface area contributed by atoms with E-state index in [0.717, 1.165) is 25.7 Å². The van der Waals surface area contributed by atoms with E-state index >= 15 is 0 Å². The van der Waals surface area contributed by atoms with Crippen molar-refractivity contribution in [1.82, 2.24) is 16.0 Å². The molecule has 0 aromatic rings. The van der Waals surface area contributed by atoms with Crippen LogP contribution in [0, 0.1) is 17.3 Å². The molecule has 0 bridgehead atoms. The van der Waals surface area contributed by atoms with Crippen LogP contribution in [0.1, 0.15) is 72.6 Å². The molecule has 0 spiro atoms. The first-order valence-electron chi connectivity index (χ1n) is 11.1. The molecule has 2 rings (SSSR count). The highest BCUT2D eigenvalue weighted by Crippen LogP contribution is 2.36. The summed E-state index contributed by atoms with van der Waals surface area (Å²) in [7, 11) is 0. The second kappa shape index (κ2) is 10.8. The Hall–Kier alpha value is -2.12. The number of alkyl carbamates (subject to hydrolysis) is 1. The Morgan fingerprint density at radius 3 is 2.40 bits per heavy atom. The average molecular weight is 424 g/mol. The topological polar surface area (TPSA) is 114 Å². The lowest BCUT2D eigenvalue weighted by Crippen LogP contribution is -2.51. The number of hydrogen-bond donors (Lipinski definition) is 3. The highest BCUT2D eigenvalue weighted by Gasteiger charge is 2.32. The zero-order chi connectivity index (χ0) is 22.3. The lowest BCUT2D eigenvalue weighted by atomic mass is 9.76. The molecular weight excluding hydrogens is 386 g/mol. The second-order valence-corrected chi connectivity index (χ2v) is 9.86. The van der Waals surface area contributed by atoms with E-state index in [1.54, 1.807) is 0 Å². The number of aldehydes is 1. The molecule has 1 saturated carbocycles. The number of rotatable bonds is 9. The lowest BCUT2D eigenvalue weighted by Gasteiger charge is -2.34. The highest BCUT2D eigenvalue weighted by atomic mass is 16.6. The van der Waals surface area contributed by atoms with Gasteiger partial charge in [-0.1, -0.05) is 27.7 Å². The summed E-state index contributed by atoms with van der Waals surface area (Å²) in [6.45, 7) is 8.92. The van der Waals surface area contributed by atoms with Gasteiger partial charge < -0.3 is 25.5 Å². The summed E-state index contributed by atoms with van der Waals surface area (Å²) in [5, 5.41) is 8.09. The maximum absolute atomic E-state index is 12.8. The van der Waals surface area contributed by atoms with Gasteiger partial charge in [-0.2, -0.15) is 0 Å². The summed E-state index contributed by atoms with van der Waals surface area (Å²) in [5.41, 5.74) is 0.274. The number of carbonyl (C=O) groups is 4. The van der Waals surface area contributed by atoms with Crippen LogP contribution in [0.15, 0.2) is 0 Å². The fourth-order valence-corrected chi connectivity index (χ4v) is 4.13. The summed E-state index contributed by atoms with van der Waals surface area (Å²) in [6, 6.07) is -1.56. The Kier molecular flexibility index (Phi) is 8.67. The van der Waals surface area contributed by atoms with E-state index in [1.807, 2.05) is 13.8 Å². The van der Waals surface area contributed by atoms with Crippen LogP contribution in [0.3, 0.4) is 0 Å². The molecule has 2 unspecified atom stereocenters. The maximum atomic E-state index is 12.8. The van der Waals surface area contributed by atoms with Gasteiger partial charge in [0, 0.05) is 12.5 Å². The van der Waals surface area contributed by atoms with Crippen molar-refractivity contribution in [2.75, 3.05) is 6.54 Å². The molecule has 0 aromatic carbocycles. The first-order valence-corrected chi connectivity index (χ1v) is 11.1. The van der Waals surface area contributed by atoms with E-state index in [-0.39, 0.29) is 35.7 Å². The summed E-state index contributed by atoms with van der Waals surface area (Å²) < 4.78 is 5.55. The van der Waals surface area contributed by atoms with Gasteiger partial charge >= 0.3 is 6.09 Å². The van der Waals surface area contributed by atoms with Crippen molar-refractivity contribution < 1.29 is 23.9 Å². The summed E-state index contributed by atoms with van der Waals surface area (Å²) in [6.07, 6.45) is 4.88. The molecule has 1 saturated heterocycles. The minimum Gasteiger partial charge on any atom is -0.446 e. The van der Waals surface area contributed by atoms with Gasteiger partial charge in [-0.05, 0) is 56.3 Å². The van der Waals surface area contributed by atoms with Crippen LogP contribution in [-0.2, 0) is 19.1 Å². The quantitative estimate of drug-likeness (QED) is 0.493. The Balaban J connectivity index is 1.89. The first kappa shape index (κ1) is 24.2. The van der Waals surface area contributed by atoms with Crippen LogP contribution in [-0.4, -0.2) is 48.9 Å². The largest absolute Gasteiger partial charge is 0.446 e. The maximum Gasteiger partial charge on any atom is 0.408 e. The number of hydrogen-bond acceptors (Lipinski definition) is 5. The molecule has 0 aromatic heterocycles. The number of nitrogens with one attached hydrogen (secondary N) is 3. The Morgan fingerprint density at radius 2 is 1.87 bits per heavy atom. The predicted molar refractivity (Wildman–Crippen MR) is 113 cm³/mol. The van der Waals surface area contributed by atoms with Crippen molar-refractivity contribution in [3.8, 4) is 0 Å². The van der Waals surface area contributed by atoms with E-state index in [4.69, 9.17) is 4.74 Å². The molecule has 1 heterocycles. The minimum absolute atomic E-state index is 0.0906. The molecule has 30 heavy (non-hydrogen) atoms. The van der Waals surface area contributed by atoms with Gasteiger partial charge in [-0.25, -0.2) is 4.79 Å².